The Labute approximate surface area is 96.4 Å². The van der Waals surface area contributed by atoms with Gasteiger partial charge in [-0.25, -0.2) is 0 Å². The summed E-state index contributed by atoms with van der Waals surface area (Å²) < 4.78 is 5.72. The van der Waals surface area contributed by atoms with Crippen LogP contribution in [0.15, 0.2) is 12.3 Å². The number of aromatic nitrogens is 1. The van der Waals surface area contributed by atoms with E-state index in [4.69, 9.17) is 4.74 Å². The average Bonchev–Trinajstić information content (AvgIpc) is 2.81. The van der Waals surface area contributed by atoms with Crippen molar-refractivity contribution in [3.8, 4) is 5.75 Å². The predicted octanol–water partition coefficient (Wildman–Crippen LogP) is 1.56. The van der Waals surface area contributed by atoms with E-state index < -0.39 is 0 Å². The van der Waals surface area contributed by atoms with Gasteiger partial charge in [-0.2, -0.15) is 0 Å². The van der Waals surface area contributed by atoms with E-state index in [9.17, 15) is 0 Å². The first kappa shape index (κ1) is 11.2. The van der Waals surface area contributed by atoms with Crippen molar-refractivity contribution in [2.45, 2.75) is 25.8 Å². The minimum Gasteiger partial charge on any atom is -0.490 e. The van der Waals surface area contributed by atoms with Gasteiger partial charge in [0.1, 0.15) is 12.4 Å². The zero-order chi connectivity index (χ0) is 11.4. The standard InChI is InChI=1S/C12H19N3O/c1-9-12(13-2)6-11(7-15-9)16-8-10-4-3-5-14-10/h6-7,10,13-14H,3-5,8H2,1-2H3/t10-/m1/s1. The van der Waals surface area contributed by atoms with Crippen LogP contribution in [0.25, 0.3) is 0 Å². The summed E-state index contributed by atoms with van der Waals surface area (Å²) in [6.45, 7) is 3.82. The summed E-state index contributed by atoms with van der Waals surface area (Å²) in [5.41, 5.74) is 2.02. The van der Waals surface area contributed by atoms with Crippen LogP contribution in [0.2, 0.25) is 0 Å². The first-order chi connectivity index (χ1) is 7.79. The summed E-state index contributed by atoms with van der Waals surface area (Å²) in [6, 6.07) is 2.50. The normalized spacial score (nSPS) is 19.8. The van der Waals surface area contributed by atoms with Crippen molar-refractivity contribution in [1.82, 2.24) is 10.3 Å². The Balaban J connectivity index is 1.93. The highest BCUT2D eigenvalue weighted by molar-refractivity contribution is 5.50. The highest BCUT2D eigenvalue weighted by Crippen LogP contribution is 2.19. The average molecular weight is 221 g/mol. The fraction of sp³-hybridized carbons (Fsp3) is 0.583. The lowest BCUT2D eigenvalue weighted by molar-refractivity contribution is 0.276. The molecule has 0 radical (unpaired) electrons. The predicted molar refractivity (Wildman–Crippen MR) is 65.0 cm³/mol. The second-order valence-electron chi connectivity index (χ2n) is 4.16. The monoisotopic (exact) mass is 221 g/mol. The van der Waals surface area contributed by atoms with E-state index in [1.54, 1.807) is 6.20 Å². The number of pyridine rings is 1. The Bertz CT molecular complexity index is 348. The summed E-state index contributed by atoms with van der Waals surface area (Å²) in [5, 5.41) is 6.51. The summed E-state index contributed by atoms with van der Waals surface area (Å²) in [4.78, 5) is 4.29. The van der Waals surface area contributed by atoms with Crippen LogP contribution in [0.3, 0.4) is 0 Å². The van der Waals surface area contributed by atoms with Gasteiger partial charge in [-0.3, -0.25) is 4.98 Å². The molecule has 4 nitrogen and oxygen atoms in total. The molecule has 1 atom stereocenters. The van der Waals surface area contributed by atoms with Crippen LogP contribution in [-0.2, 0) is 0 Å². The van der Waals surface area contributed by atoms with E-state index in [0.29, 0.717) is 6.04 Å². The largest absolute Gasteiger partial charge is 0.490 e. The minimum atomic E-state index is 0.499. The smallest absolute Gasteiger partial charge is 0.139 e. The van der Waals surface area contributed by atoms with E-state index >= 15 is 0 Å². The zero-order valence-corrected chi connectivity index (χ0v) is 9.92. The molecule has 0 saturated carbocycles. The quantitative estimate of drug-likeness (QED) is 0.810. The van der Waals surface area contributed by atoms with Gasteiger partial charge in [0.2, 0.25) is 0 Å². The SMILES string of the molecule is CNc1cc(OC[C@H]2CCCN2)cnc1C. The van der Waals surface area contributed by atoms with E-state index in [2.05, 4.69) is 15.6 Å². The fourth-order valence-corrected chi connectivity index (χ4v) is 1.94. The third-order valence-electron chi connectivity index (χ3n) is 2.94. The Morgan fingerprint density at radius 2 is 2.50 bits per heavy atom. The number of aryl methyl sites for hydroxylation is 1. The van der Waals surface area contributed by atoms with Gasteiger partial charge >= 0.3 is 0 Å². The molecule has 1 aliphatic heterocycles. The van der Waals surface area contributed by atoms with E-state index in [1.807, 2.05) is 20.0 Å². The number of nitrogens with one attached hydrogen (secondary N) is 2. The maximum absolute atomic E-state index is 5.72. The number of ether oxygens (including phenoxy) is 1. The van der Waals surface area contributed by atoms with Crippen LogP contribution >= 0.6 is 0 Å². The van der Waals surface area contributed by atoms with Crippen LogP contribution in [0.4, 0.5) is 5.69 Å². The van der Waals surface area contributed by atoms with Crippen molar-refractivity contribution in [3.05, 3.63) is 18.0 Å². The molecule has 16 heavy (non-hydrogen) atoms. The van der Waals surface area contributed by atoms with Crippen LogP contribution in [0, 0.1) is 6.92 Å². The highest BCUT2D eigenvalue weighted by atomic mass is 16.5. The second-order valence-corrected chi connectivity index (χ2v) is 4.16. The maximum Gasteiger partial charge on any atom is 0.139 e. The molecule has 0 spiro atoms. The van der Waals surface area contributed by atoms with Gasteiger partial charge in [0.05, 0.1) is 17.6 Å². The van der Waals surface area contributed by atoms with E-state index in [1.165, 1.54) is 12.8 Å². The first-order valence-electron chi connectivity index (χ1n) is 5.80. The number of rotatable bonds is 4. The van der Waals surface area contributed by atoms with Crippen molar-refractivity contribution in [3.63, 3.8) is 0 Å². The number of nitrogens with zero attached hydrogens (tertiary/aromatic N) is 1. The summed E-state index contributed by atoms with van der Waals surface area (Å²) in [5.74, 6) is 0.837. The van der Waals surface area contributed by atoms with Gasteiger partial charge in [0.15, 0.2) is 0 Å². The van der Waals surface area contributed by atoms with Crippen molar-refractivity contribution in [2.24, 2.45) is 0 Å². The zero-order valence-electron chi connectivity index (χ0n) is 9.92. The molecule has 0 aromatic carbocycles. The molecule has 1 aliphatic rings. The van der Waals surface area contributed by atoms with Crippen LogP contribution in [0.5, 0.6) is 5.75 Å². The Morgan fingerprint density at radius 1 is 1.62 bits per heavy atom. The van der Waals surface area contributed by atoms with Crippen LogP contribution < -0.4 is 15.4 Å². The molecule has 4 heteroatoms. The Hall–Kier alpha value is -1.29. The number of anilines is 1. The molecule has 0 amide bonds. The second kappa shape index (κ2) is 5.16. The summed E-state index contributed by atoms with van der Waals surface area (Å²) in [7, 11) is 1.90. The fourth-order valence-electron chi connectivity index (χ4n) is 1.94. The van der Waals surface area contributed by atoms with Gasteiger partial charge in [-0.05, 0) is 26.3 Å². The van der Waals surface area contributed by atoms with Crippen molar-refractivity contribution in [1.29, 1.82) is 0 Å². The molecule has 0 unspecified atom stereocenters. The van der Waals surface area contributed by atoms with E-state index in [0.717, 1.165) is 30.3 Å². The molecule has 88 valence electrons. The molecular formula is C12H19N3O. The molecule has 1 aromatic heterocycles. The van der Waals surface area contributed by atoms with E-state index in [-0.39, 0.29) is 0 Å². The maximum atomic E-state index is 5.72. The molecule has 2 N–H and O–H groups in total. The molecule has 1 fully saturated rings. The van der Waals surface area contributed by atoms with Crippen molar-refractivity contribution >= 4 is 5.69 Å². The minimum absolute atomic E-state index is 0.499. The molecule has 2 rings (SSSR count). The third-order valence-corrected chi connectivity index (χ3v) is 2.94. The van der Waals surface area contributed by atoms with Crippen molar-refractivity contribution in [2.75, 3.05) is 25.5 Å². The number of hydrogen-bond donors (Lipinski definition) is 2. The summed E-state index contributed by atoms with van der Waals surface area (Å²) in [6.07, 6.45) is 4.24. The lowest BCUT2D eigenvalue weighted by Gasteiger charge is -2.13. The van der Waals surface area contributed by atoms with Crippen LogP contribution in [0.1, 0.15) is 18.5 Å². The molecule has 0 aliphatic carbocycles. The third kappa shape index (κ3) is 2.64. The first-order valence-corrected chi connectivity index (χ1v) is 5.80. The van der Waals surface area contributed by atoms with Gasteiger partial charge in [0, 0.05) is 19.2 Å². The Kier molecular flexibility index (Phi) is 3.62. The lowest BCUT2D eigenvalue weighted by atomic mass is 10.2. The molecular weight excluding hydrogens is 202 g/mol. The topological polar surface area (TPSA) is 46.2 Å². The molecule has 1 aromatic rings. The Morgan fingerprint density at radius 3 is 3.19 bits per heavy atom. The molecule has 2 heterocycles. The molecule has 0 bridgehead atoms. The van der Waals surface area contributed by atoms with Crippen LogP contribution in [-0.4, -0.2) is 31.2 Å². The van der Waals surface area contributed by atoms with Gasteiger partial charge < -0.3 is 15.4 Å². The highest BCUT2D eigenvalue weighted by Gasteiger charge is 2.14. The van der Waals surface area contributed by atoms with Gasteiger partial charge in [0.25, 0.3) is 0 Å². The molecule has 1 saturated heterocycles. The van der Waals surface area contributed by atoms with Gasteiger partial charge in [-0.15, -0.1) is 0 Å². The number of hydrogen-bond acceptors (Lipinski definition) is 4. The van der Waals surface area contributed by atoms with Gasteiger partial charge in [-0.1, -0.05) is 0 Å². The summed E-state index contributed by atoms with van der Waals surface area (Å²) >= 11 is 0. The van der Waals surface area contributed by atoms with Crippen molar-refractivity contribution < 1.29 is 4.74 Å². The lowest BCUT2D eigenvalue weighted by Crippen LogP contribution is -2.28.